The van der Waals surface area contributed by atoms with Gasteiger partial charge >= 0.3 is 0 Å². The highest BCUT2D eigenvalue weighted by molar-refractivity contribution is 7.09. The van der Waals surface area contributed by atoms with Crippen LogP contribution in [0, 0.1) is 0 Å². The number of hydrogen-bond acceptors (Lipinski definition) is 7. The second kappa shape index (κ2) is 7.81. The van der Waals surface area contributed by atoms with Crippen LogP contribution < -0.4 is 10.2 Å². The number of hydrogen-bond donors (Lipinski definition) is 1. The van der Waals surface area contributed by atoms with E-state index in [0.717, 1.165) is 34.3 Å². The number of rotatable bonds is 6. The average Bonchev–Trinajstić information content (AvgIpc) is 3.33. The van der Waals surface area contributed by atoms with Gasteiger partial charge in [-0.25, -0.2) is 4.98 Å². The third-order valence-corrected chi connectivity index (χ3v) is 5.05. The molecule has 1 N–H and O–H groups in total. The first-order valence-electron chi connectivity index (χ1n) is 8.68. The lowest BCUT2D eigenvalue weighted by molar-refractivity contribution is 0.0989. The van der Waals surface area contributed by atoms with Gasteiger partial charge in [0.25, 0.3) is 5.91 Å². The van der Waals surface area contributed by atoms with E-state index < -0.39 is 0 Å². The summed E-state index contributed by atoms with van der Waals surface area (Å²) in [5.41, 5.74) is 3.64. The largest absolute Gasteiger partial charge is 0.384 e. The van der Waals surface area contributed by atoms with E-state index in [1.807, 2.05) is 17.0 Å². The van der Waals surface area contributed by atoms with Crippen LogP contribution in [0.2, 0.25) is 0 Å². The van der Waals surface area contributed by atoms with E-state index in [1.54, 1.807) is 31.6 Å². The van der Waals surface area contributed by atoms with Crippen LogP contribution in [0.3, 0.4) is 0 Å². The molecule has 0 saturated heterocycles. The smallest absolute Gasteiger partial charge is 0.259 e. The number of benzene rings is 1. The van der Waals surface area contributed by atoms with Gasteiger partial charge in [-0.1, -0.05) is 0 Å². The maximum absolute atomic E-state index is 12.7. The monoisotopic (exact) mass is 381 g/mol. The summed E-state index contributed by atoms with van der Waals surface area (Å²) >= 11 is 1.33. The number of fused-ring (bicyclic) bond motifs is 1. The molecule has 0 spiro atoms. The minimum absolute atomic E-state index is 0.0190. The lowest BCUT2D eigenvalue weighted by Gasteiger charge is -2.17. The number of methoxy groups -OCH3 is 1. The van der Waals surface area contributed by atoms with Crippen LogP contribution in [0.5, 0.6) is 0 Å². The molecule has 0 fully saturated rings. The minimum atomic E-state index is -0.0190. The summed E-state index contributed by atoms with van der Waals surface area (Å²) in [6, 6.07) is 9.58. The zero-order valence-corrected chi connectivity index (χ0v) is 15.7. The van der Waals surface area contributed by atoms with Crippen LogP contribution >= 0.6 is 11.5 Å². The Kier molecular flexibility index (Phi) is 5.08. The van der Waals surface area contributed by atoms with Crippen molar-refractivity contribution >= 4 is 33.9 Å². The number of anilines is 3. The van der Waals surface area contributed by atoms with Crippen molar-refractivity contribution in [3.63, 3.8) is 0 Å². The van der Waals surface area contributed by atoms with E-state index in [2.05, 4.69) is 25.7 Å². The van der Waals surface area contributed by atoms with Crippen molar-refractivity contribution in [1.82, 2.24) is 14.3 Å². The van der Waals surface area contributed by atoms with E-state index >= 15 is 0 Å². The normalized spacial score (nSPS) is 12.9. The van der Waals surface area contributed by atoms with E-state index in [0.29, 0.717) is 25.1 Å². The Morgan fingerprint density at radius 2 is 2.30 bits per heavy atom. The summed E-state index contributed by atoms with van der Waals surface area (Å²) in [7, 11) is 1.67. The summed E-state index contributed by atoms with van der Waals surface area (Å²) in [6.45, 7) is 1.28. The van der Waals surface area contributed by atoms with Gasteiger partial charge in [0.15, 0.2) is 0 Å². The fourth-order valence-electron chi connectivity index (χ4n) is 3.06. The lowest BCUT2D eigenvalue weighted by atomic mass is 10.1. The first-order chi connectivity index (χ1) is 13.2. The quantitative estimate of drug-likeness (QED) is 0.707. The molecule has 1 aromatic carbocycles. The summed E-state index contributed by atoms with van der Waals surface area (Å²) in [5, 5.41) is 4.05. The molecule has 3 aromatic rings. The molecule has 8 heteroatoms. The molecule has 7 nitrogen and oxygen atoms in total. The van der Waals surface area contributed by atoms with Crippen molar-refractivity contribution in [2.45, 2.75) is 12.8 Å². The molecule has 27 heavy (non-hydrogen) atoms. The number of ether oxygens (including phenoxy) is 1. The zero-order valence-electron chi connectivity index (χ0n) is 14.9. The maximum atomic E-state index is 12.7. The van der Waals surface area contributed by atoms with E-state index in [-0.39, 0.29) is 5.91 Å². The highest BCUT2D eigenvalue weighted by Crippen LogP contribution is 2.32. The van der Waals surface area contributed by atoms with Gasteiger partial charge in [-0.3, -0.25) is 9.78 Å². The van der Waals surface area contributed by atoms with Crippen molar-refractivity contribution in [1.29, 1.82) is 0 Å². The van der Waals surface area contributed by atoms with Gasteiger partial charge in [-0.2, -0.15) is 4.37 Å². The molecule has 0 saturated carbocycles. The second-order valence-electron chi connectivity index (χ2n) is 6.18. The number of nitrogens with one attached hydrogen (secondary N) is 1. The standard InChI is InChI=1S/C19H19N5O2S/c1-26-10-7-17-22-19(27-23-17)21-15-4-5-16-13(11-15)6-9-24(16)18(25)14-3-2-8-20-12-14/h2-5,8,11-12H,6-7,9-10H2,1H3,(H,21,22,23). The SMILES string of the molecule is COCCc1nsc(Nc2ccc3c(c2)CCN3C(=O)c2cccnc2)n1. The molecule has 3 heterocycles. The number of pyridine rings is 1. The van der Waals surface area contributed by atoms with Gasteiger partial charge in [0.05, 0.1) is 12.2 Å². The Morgan fingerprint density at radius 1 is 1.37 bits per heavy atom. The van der Waals surface area contributed by atoms with Crippen LogP contribution in [-0.2, 0) is 17.6 Å². The van der Waals surface area contributed by atoms with Crippen molar-refractivity contribution in [3.05, 3.63) is 59.7 Å². The van der Waals surface area contributed by atoms with Gasteiger partial charge in [0.2, 0.25) is 5.13 Å². The maximum Gasteiger partial charge on any atom is 0.259 e. The van der Waals surface area contributed by atoms with Crippen molar-refractivity contribution in [2.75, 3.05) is 30.5 Å². The molecule has 1 aliphatic rings. The Labute approximate surface area is 161 Å². The van der Waals surface area contributed by atoms with Gasteiger partial charge < -0.3 is 15.0 Å². The average molecular weight is 381 g/mol. The first-order valence-corrected chi connectivity index (χ1v) is 9.45. The Bertz CT molecular complexity index is 944. The van der Waals surface area contributed by atoms with Crippen LogP contribution in [0.4, 0.5) is 16.5 Å². The molecule has 0 unspecified atom stereocenters. The van der Waals surface area contributed by atoms with Crippen LogP contribution in [0.1, 0.15) is 21.7 Å². The van der Waals surface area contributed by atoms with E-state index in [9.17, 15) is 4.79 Å². The molecule has 2 aromatic heterocycles. The fourth-order valence-corrected chi connectivity index (χ4v) is 3.69. The van der Waals surface area contributed by atoms with E-state index in [1.165, 1.54) is 11.5 Å². The van der Waals surface area contributed by atoms with E-state index in [4.69, 9.17) is 4.74 Å². The molecule has 1 aliphatic heterocycles. The summed E-state index contributed by atoms with van der Waals surface area (Å²) < 4.78 is 9.37. The summed E-state index contributed by atoms with van der Waals surface area (Å²) in [5.74, 6) is 0.758. The number of carbonyl (C=O) groups is 1. The molecule has 0 radical (unpaired) electrons. The molecule has 1 amide bonds. The van der Waals surface area contributed by atoms with Crippen LogP contribution in [0.25, 0.3) is 0 Å². The number of amides is 1. The van der Waals surface area contributed by atoms with Crippen molar-refractivity contribution in [2.24, 2.45) is 0 Å². The third kappa shape index (κ3) is 3.81. The van der Waals surface area contributed by atoms with Crippen LogP contribution in [-0.4, -0.2) is 40.5 Å². The predicted molar refractivity (Wildman–Crippen MR) is 105 cm³/mol. The lowest BCUT2D eigenvalue weighted by Crippen LogP contribution is -2.28. The minimum Gasteiger partial charge on any atom is -0.384 e. The molecule has 4 rings (SSSR count). The van der Waals surface area contributed by atoms with Gasteiger partial charge in [-0.15, -0.1) is 0 Å². The summed E-state index contributed by atoms with van der Waals surface area (Å²) in [6.07, 6.45) is 4.80. The number of aromatic nitrogens is 3. The van der Waals surface area contributed by atoms with Crippen LogP contribution in [0.15, 0.2) is 42.7 Å². The molecular weight excluding hydrogens is 362 g/mol. The van der Waals surface area contributed by atoms with Gasteiger partial charge in [-0.05, 0) is 42.3 Å². The Morgan fingerprint density at radius 3 is 3.11 bits per heavy atom. The molecule has 0 atom stereocenters. The highest BCUT2D eigenvalue weighted by atomic mass is 32.1. The molecule has 0 aliphatic carbocycles. The number of carbonyl (C=O) groups excluding carboxylic acids is 1. The fraction of sp³-hybridized carbons (Fsp3) is 0.263. The molecule has 0 bridgehead atoms. The Balaban J connectivity index is 1.48. The first kappa shape index (κ1) is 17.6. The zero-order chi connectivity index (χ0) is 18.6. The topological polar surface area (TPSA) is 80.2 Å². The molecule has 138 valence electrons. The van der Waals surface area contributed by atoms with Crippen molar-refractivity contribution in [3.8, 4) is 0 Å². The predicted octanol–water partition coefficient (Wildman–Crippen LogP) is 3.07. The second-order valence-corrected chi connectivity index (χ2v) is 6.93. The van der Waals surface area contributed by atoms with Gasteiger partial charge in [0.1, 0.15) is 5.82 Å². The van der Waals surface area contributed by atoms with Gasteiger partial charge in [0, 0.05) is 55.4 Å². The Hall–Kier alpha value is -2.84. The molecular formula is C19H19N5O2S. The van der Waals surface area contributed by atoms with Crippen molar-refractivity contribution < 1.29 is 9.53 Å². The highest BCUT2D eigenvalue weighted by Gasteiger charge is 2.25. The summed E-state index contributed by atoms with van der Waals surface area (Å²) in [4.78, 5) is 23.0. The number of nitrogens with zero attached hydrogens (tertiary/aromatic N) is 4. The third-order valence-electron chi connectivity index (χ3n) is 4.38.